The fourth-order valence-electron chi connectivity index (χ4n) is 2.70. The summed E-state index contributed by atoms with van der Waals surface area (Å²) < 4.78 is 1.35. The Labute approximate surface area is 150 Å². The zero-order valence-electron chi connectivity index (χ0n) is 14.5. The summed E-state index contributed by atoms with van der Waals surface area (Å²) in [5.74, 6) is 0.268. The summed E-state index contributed by atoms with van der Waals surface area (Å²) in [6.07, 6.45) is 1.43. The van der Waals surface area contributed by atoms with E-state index in [1.54, 1.807) is 6.07 Å². The minimum Gasteiger partial charge on any atom is -0.348 e. The number of benzene rings is 1. The van der Waals surface area contributed by atoms with Crippen molar-refractivity contribution in [3.63, 3.8) is 0 Å². The number of nitrogens with zero attached hydrogens (tertiary/aromatic N) is 2. The molecule has 1 N–H and O–H groups in total. The zero-order valence-corrected chi connectivity index (χ0v) is 15.3. The first-order valence-corrected chi connectivity index (χ1v) is 9.15. The number of nitrogens with one attached hydrogen (secondary N) is 1. The third-order valence-corrected chi connectivity index (χ3v) is 5.07. The first kappa shape index (κ1) is 17.4. The molecule has 1 atom stereocenters. The Morgan fingerprint density at radius 1 is 1.16 bits per heavy atom. The third kappa shape index (κ3) is 3.79. The van der Waals surface area contributed by atoms with Crippen molar-refractivity contribution < 1.29 is 4.79 Å². The van der Waals surface area contributed by atoms with Gasteiger partial charge in [0.1, 0.15) is 11.4 Å². The summed E-state index contributed by atoms with van der Waals surface area (Å²) in [6, 6.07) is 9.85. The number of aromatic nitrogens is 2. The summed E-state index contributed by atoms with van der Waals surface area (Å²) in [6.45, 7) is 6.20. The molecule has 2 heterocycles. The van der Waals surface area contributed by atoms with Crippen molar-refractivity contribution in [2.45, 2.75) is 39.3 Å². The van der Waals surface area contributed by atoms with Crippen molar-refractivity contribution >= 4 is 27.5 Å². The van der Waals surface area contributed by atoms with Crippen LogP contribution >= 0.6 is 11.3 Å². The van der Waals surface area contributed by atoms with Gasteiger partial charge in [-0.25, -0.2) is 4.98 Å². The lowest BCUT2D eigenvalue weighted by atomic mass is 9.99. The molecule has 0 saturated carbocycles. The zero-order chi connectivity index (χ0) is 18.0. The van der Waals surface area contributed by atoms with Gasteiger partial charge in [0, 0.05) is 0 Å². The van der Waals surface area contributed by atoms with Gasteiger partial charge in [0.05, 0.1) is 17.8 Å². The third-order valence-electron chi connectivity index (χ3n) is 4.25. The molecule has 3 rings (SSSR count). The van der Waals surface area contributed by atoms with Gasteiger partial charge < -0.3 is 5.32 Å². The van der Waals surface area contributed by atoms with E-state index in [1.807, 2.05) is 24.4 Å². The first-order valence-electron chi connectivity index (χ1n) is 8.27. The van der Waals surface area contributed by atoms with Gasteiger partial charge in [0.25, 0.3) is 5.56 Å². The van der Waals surface area contributed by atoms with E-state index >= 15 is 0 Å². The highest BCUT2D eigenvalue weighted by molar-refractivity contribution is 7.16. The maximum absolute atomic E-state index is 12.3. The van der Waals surface area contributed by atoms with E-state index in [-0.39, 0.29) is 24.1 Å². The molecule has 1 amide bonds. The van der Waals surface area contributed by atoms with Crippen molar-refractivity contribution in [3.05, 3.63) is 63.5 Å². The Hall–Kier alpha value is -2.47. The molecular weight excluding hydrogens is 334 g/mol. The normalized spacial score (nSPS) is 12.5. The van der Waals surface area contributed by atoms with Crippen LogP contribution in [0.4, 0.5) is 0 Å². The Kier molecular flexibility index (Phi) is 4.99. The molecule has 0 radical (unpaired) electrons. The Morgan fingerprint density at radius 2 is 1.84 bits per heavy atom. The topological polar surface area (TPSA) is 64.0 Å². The molecule has 0 aliphatic heterocycles. The van der Waals surface area contributed by atoms with Crippen molar-refractivity contribution in [2.75, 3.05) is 0 Å². The number of thiophene rings is 1. The molecule has 0 saturated heterocycles. The van der Waals surface area contributed by atoms with E-state index in [9.17, 15) is 9.59 Å². The molecule has 0 unspecified atom stereocenters. The first-order chi connectivity index (χ1) is 12.0. The van der Waals surface area contributed by atoms with Gasteiger partial charge in [0.15, 0.2) is 0 Å². The minimum absolute atomic E-state index is 0.0357. The molecule has 0 spiro atoms. The molecule has 5 nitrogen and oxygen atoms in total. The van der Waals surface area contributed by atoms with E-state index in [0.717, 1.165) is 5.56 Å². The van der Waals surface area contributed by atoms with Gasteiger partial charge in [-0.05, 0) is 35.4 Å². The minimum atomic E-state index is -0.209. The quantitative estimate of drug-likeness (QED) is 0.762. The highest BCUT2D eigenvalue weighted by atomic mass is 32.1. The van der Waals surface area contributed by atoms with Crippen molar-refractivity contribution in [2.24, 2.45) is 0 Å². The van der Waals surface area contributed by atoms with Crippen molar-refractivity contribution in [1.82, 2.24) is 14.9 Å². The smallest absolute Gasteiger partial charge is 0.262 e. The second-order valence-electron chi connectivity index (χ2n) is 6.43. The van der Waals surface area contributed by atoms with Crippen LogP contribution in [0.15, 0.2) is 46.8 Å². The fourth-order valence-corrected chi connectivity index (χ4v) is 3.42. The van der Waals surface area contributed by atoms with Crippen LogP contribution in [0.5, 0.6) is 0 Å². The Morgan fingerprint density at radius 3 is 2.52 bits per heavy atom. The molecule has 130 valence electrons. The number of carbonyl (C=O) groups excluding carboxylic acids is 1. The van der Waals surface area contributed by atoms with Crippen LogP contribution < -0.4 is 10.9 Å². The van der Waals surface area contributed by atoms with Crippen LogP contribution in [-0.2, 0) is 11.3 Å². The fraction of sp³-hybridized carbons (Fsp3) is 0.316. The van der Waals surface area contributed by atoms with E-state index in [4.69, 9.17) is 0 Å². The molecule has 0 aliphatic carbocycles. The standard InChI is InChI=1S/C19H21N3O2S/c1-12(2)14-4-6-15(7-5-14)13(3)21-17(23)10-22-11-20-18-16(19(22)24)8-9-25-18/h4-9,11-13H,10H2,1-3H3,(H,21,23)/t13-/m1/s1. The average Bonchev–Trinajstić information content (AvgIpc) is 3.07. The molecule has 1 aromatic carbocycles. The highest BCUT2D eigenvalue weighted by Gasteiger charge is 2.12. The van der Waals surface area contributed by atoms with Crippen LogP contribution in [-0.4, -0.2) is 15.5 Å². The summed E-state index contributed by atoms with van der Waals surface area (Å²) in [5, 5.41) is 5.32. The number of hydrogen-bond donors (Lipinski definition) is 1. The Balaban J connectivity index is 1.68. The van der Waals surface area contributed by atoms with Crippen molar-refractivity contribution in [3.8, 4) is 0 Å². The second-order valence-corrected chi connectivity index (χ2v) is 7.32. The lowest BCUT2D eigenvalue weighted by Crippen LogP contribution is -2.33. The number of hydrogen-bond acceptors (Lipinski definition) is 4. The van der Waals surface area contributed by atoms with Crippen molar-refractivity contribution in [1.29, 1.82) is 0 Å². The number of carbonyl (C=O) groups is 1. The number of rotatable bonds is 5. The van der Waals surface area contributed by atoms with Gasteiger partial charge >= 0.3 is 0 Å². The van der Waals surface area contributed by atoms with Gasteiger partial charge in [0.2, 0.25) is 5.91 Å². The van der Waals surface area contributed by atoms with Crippen LogP contribution in [0, 0.1) is 0 Å². The summed E-state index contributed by atoms with van der Waals surface area (Å²) in [5.41, 5.74) is 2.12. The van der Waals surface area contributed by atoms with Gasteiger partial charge in [-0.15, -0.1) is 11.3 Å². The van der Waals surface area contributed by atoms with E-state index in [2.05, 4.69) is 36.3 Å². The van der Waals surface area contributed by atoms with Gasteiger partial charge in [-0.1, -0.05) is 38.1 Å². The maximum atomic E-state index is 12.3. The summed E-state index contributed by atoms with van der Waals surface area (Å²) >= 11 is 1.42. The monoisotopic (exact) mass is 355 g/mol. The number of amides is 1. The molecule has 6 heteroatoms. The molecule has 0 bridgehead atoms. The van der Waals surface area contributed by atoms with E-state index < -0.39 is 0 Å². The van der Waals surface area contributed by atoms with Crippen LogP contribution in [0.25, 0.3) is 10.2 Å². The average molecular weight is 355 g/mol. The lowest BCUT2D eigenvalue weighted by molar-refractivity contribution is -0.122. The van der Waals surface area contributed by atoms with Crippen LogP contribution in [0.1, 0.15) is 43.9 Å². The molecule has 25 heavy (non-hydrogen) atoms. The van der Waals surface area contributed by atoms with Gasteiger partial charge in [-0.2, -0.15) is 0 Å². The second kappa shape index (κ2) is 7.19. The molecule has 3 aromatic rings. The largest absolute Gasteiger partial charge is 0.348 e. The molecular formula is C19H21N3O2S. The predicted octanol–water partition coefficient (Wildman–Crippen LogP) is 3.46. The number of fused-ring (bicyclic) bond motifs is 1. The van der Waals surface area contributed by atoms with E-state index in [1.165, 1.54) is 27.8 Å². The van der Waals surface area contributed by atoms with Gasteiger partial charge in [-0.3, -0.25) is 14.2 Å². The summed E-state index contributed by atoms with van der Waals surface area (Å²) in [7, 11) is 0. The van der Waals surface area contributed by atoms with Crippen LogP contribution in [0.3, 0.4) is 0 Å². The molecule has 2 aromatic heterocycles. The maximum Gasteiger partial charge on any atom is 0.262 e. The SMILES string of the molecule is CC(C)c1ccc([C@@H](C)NC(=O)Cn2cnc3sccc3c2=O)cc1. The highest BCUT2D eigenvalue weighted by Crippen LogP contribution is 2.18. The summed E-state index contributed by atoms with van der Waals surface area (Å²) in [4.78, 5) is 29.5. The molecule has 0 fully saturated rings. The lowest BCUT2D eigenvalue weighted by Gasteiger charge is -2.16. The van der Waals surface area contributed by atoms with Crippen LogP contribution in [0.2, 0.25) is 0 Å². The Bertz CT molecular complexity index is 941. The molecule has 0 aliphatic rings. The predicted molar refractivity (Wildman–Crippen MR) is 101 cm³/mol. The van der Waals surface area contributed by atoms with E-state index in [0.29, 0.717) is 16.1 Å².